The van der Waals surface area contributed by atoms with Crippen molar-refractivity contribution in [3.05, 3.63) is 18.2 Å². The summed E-state index contributed by atoms with van der Waals surface area (Å²) >= 11 is 0. The fraction of sp³-hybridized carbons (Fsp3) is 0.636. The van der Waals surface area contributed by atoms with Crippen LogP contribution < -0.4 is 0 Å². The zero-order valence-electron chi connectivity index (χ0n) is 11.5. The first-order valence-electron chi connectivity index (χ1n) is 5.83. The minimum Gasteiger partial charge on any atom is -0.392 e. The summed E-state index contributed by atoms with van der Waals surface area (Å²) in [6.45, 7) is 5.50. The summed E-state index contributed by atoms with van der Waals surface area (Å²) in [5, 5.41) is 4.54. The molecule has 1 N–H and O–H groups in total. The van der Waals surface area contributed by atoms with Gasteiger partial charge >= 0.3 is 0 Å². The van der Waals surface area contributed by atoms with Gasteiger partial charge in [0.05, 0.1) is 6.10 Å². The van der Waals surface area contributed by atoms with Gasteiger partial charge in [-0.15, -0.1) is 0 Å². The van der Waals surface area contributed by atoms with Crippen molar-refractivity contribution in [2.45, 2.75) is 33.3 Å². The maximum absolute atomic E-state index is 12.0. The minimum absolute atomic E-state index is 0.219. The number of hydrogen-bond donors (Lipinski definition) is 1. The normalized spacial score (nSPS) is 17.9. The first kappa shape index (κ1) is 9.09. The lowest BCUT2D eigenvalue weighted by Crippen LogP contribution is -2.29. The number of hydrogen-bond acceptors (Lipinski definition) is 3. The number of nitrogens with zero attached hydrogens (tertiary/aromatic N) is 2. The Morgan fingerprint density at radius 1 is 1.80 bits per heavy atom. The van der Waals surface area contributed by atoms with E-state index in [9.17, 15) is 4.79 Å². The quantitative estimate of drug-likeness (QED) is 0.767. The lowest BCUT2D eigenvalue weighted by molar-refractivity contribution is 0.0488. The Hall–Kier alpha value is -1.16. The summed E-state index contributed by atoms with van der Waals surface area (Å²) in [4.78, 5) is 16.0. The van der Waals surface area contributed by atoms with Gasteiger partial charge < -0.3 is 9.68 Å². The van der Waals surface area contributed by atoms with Gasteiger partial charge in [-0.25, -0.2) is 4.98 Å². The van der Waals surface area contributed by atoms with Gasteiger partial charge in [0.25, 0.3) is 0 Å². The van der Waals surface area contributed by atoms with Crippen LogP contribution in [0, 0.1) is 5.41 Å². The van der Waals surface area contributed by atoms with Gasteiger partial charge in [-0.2, -0.15) is 0 Å². The van der Waals surface area contributed by atoms with E-state index in [1.807, 2.05) is 20.8 Å². The smallest absolute Gasteiger partial charge is 0.210 e. The second-order valence-electron chi connectivity index (χ2n) is 4.68. The van der Waals surface area contributed by atoms with Crippen LogP contribution in [0.4, 0.5) is 0 Å². The molecule has 15 heavy (non-hydrogen) atoms. The van der Waals surface area contributed by atoms with Crippen LogP contribution in [0.15, 0.2) is 12.4 Å². The number of imidazole rings is 1. The summed E-state index contributed by atoms with van der Waals surface area (Å²) in [7, 11) is 1.70. The number of aryl methyl sites for hydroxylation is 1. The molecule has 4 nitrogen and oxygen atoms in total. The molecule has 0 amide bonds. The standard InChI is InChI=1S/C11H18N2O2/c1-11(2,3)9(15)7-8(14)10-12-5-6-13(10)4/h5-6,9,15H,7H2,1-4H3/t9-/m1/s1/i7D,15D/t7-,9+/m0. The summed E-state index contributed by atoms with van der Waals surface area (Å²) < 4.78 is 16.5. The van der Waals surface area contributed by atoms with Crippen molar-refractivity contribution in [3.63, 3.8) is 0 Å². The molecule has 1 heterocycles. The van der Waals surface area contributed by atoms with Crippen molar-refractivity contribution < 1.29 is 11.3 Å². The molecule has 1 rings (SSSR count). The van der Waals surface area contributed by atoms with Crippen LogP contribution in [-0.4, -0.2) is 28.0 Å². The van der Waals surface area contributed by atoms with Crippen molar-refractivity contribution >= 4 is 5.78 Å². The van der Waals surface area contributed by atoms with Crippen LogP contribution in [-0.2, 0) is 7.05 Å². The highest BCUT2D eigenvalue weighted by atomic mass is 16.3. The maximum Gasteiger partial charge on any atom is 0.210 e. The summed E-state index contributed by atoms with van der Waals surface area (Å²) in [5.74, 6) is -0.207. The highest BCUT2D eigenvalue weighted by Crippen LogP contribution is 2.22. The Balaban J connectivity index is 2.93. The molecule has 2 atom stereocenters. The molecule has 1 aromatic rings. The largest absolute Gasteiger partial charge is 0.392 e. The molecule has 0 saturated heterocycles. The summed E-state index contributed by atoms with van der Waals surface area (Å²) in [6, 6.07) is 0. The van der Waals surface area contributed by atoms with E-state index in [2.05, 4.69) is 10.1 Å². The number of rotatable bonds is 4. The molecular weight excluding hydrogens is 192 g/mol. The molecule has 84 valence electrons. The summed E-state index contributed by atoms with van der Waals surface area (Å²) in [6.07, 6.45) is 1.22. The molecule has 0 radical (unpaired) electrons. The molecular formula is C11H18N2O2. The number of carbonyl (C=O) groups is 1. The van der Waals surface area contributed by atoms with E-state index in [-0.39, 0.29) is 5.82 Å². The van der Waals surface area contributed by atoms with Gasteiger partial charge in [0.1, 0.15) is 0 Å². The van der Waals surface area contributed by atoms with E-state index in [0.717, 1.165) is 0 Å². The number of ketones is 1. The molecule has 0 fully saturated rings. The van der Waals surface area contributed by atoms with Crippen LogP contribution in [0.3, 0.4) is 0 Å². The number of carbonyl (C=O) groups excluding carboxylic acids is 1. The Kier molecular flexibility index (Phi) is 2.51. The van der Waals surface area contributed by atoms with Crippen LogP contribution >= 0.6 is 0 Å². The lowest BCUT2D eigenvalue weighted by Gasteiger charge is -2.24. The van der Waals surface area contributed by atoms with Gasteiger partial charge in [-0.1, -0.05) is 20.8 Å². The van der Waals surface area contributed by atoms with E-state index in [4.69, 9.17) is 2.80 Å². The third-order valence-corrected chi connectivity index (χ3v) is 2.20. The third kappa shape index (κ3) is 2.89. The predicted octanol–water partition coefficient (Wildman–Crippen LogP) is 1.40. The van der Waals surface area contributed by atoms with E-state index in [1.165, 1.54) is 6.20 Å². The van der Waals surface area contributed by atoms with Crippen molar-refractivity contribution in [1.29, 1.82) is 1.43 Å². The summed E-state index contributed by atoms with van der Waals surface area (Å²) in [5.41, 5.74) is -0.449. The number of aromatic nitrogens is 2. The molecule has 1 aromatic heterocycles. The van der Waals surface area contributed by atoms with Crippen LogP contribution in [0.25, 0.3) is 0 Å². The van der Waals surface area contributed by atoms with E-state index in [0.29, 0.717) is 0 Å². The monoisotopic (exact) mass is 212 g/mol. The van der Waals surface area contributed by atoms with Gasteiger partial charge in [-0.3, -0.25) is 4.79 Å². The van der Waals surface area contributed by atoms with Crippen LogP contribution in [0.2, 0.25) is 0 Å². The Labute approximate surface area is 92.8 Å². The Bertz CT molecular complexity index is 398. The average molecular weight is 212 g/mol. The molecule has 0 saturated carbocycles. The molecule has 0 spiro atoms. The first-order chi connectivity index (χ1) is 7.79. The number of Topliss-reactive ketones (excluding diaryl/α,β-unsaturated/α-hetero) is 1. The lowest BCUT2D eigenvalue weighted by atomic mass is 9.86. The molecule has 0 aliphatic carbocycles. The van der Waals surface area contributed by atoms with E-state index >= 15 is 0 Å². The molecule has 0 unspecified atom stereocenters. The topological polar surface area (TPSA) is 55.1 Å². The fourth-order valence-electron chi connectivity index (χ4n) is 1.07. The highest BCUT2D eigenvalue weighted by molar-refractivity contribution is 5.93. The zero-order valence-corrected chi connectivity index (χ0v) is 9.52. The molecule has 0 aliphatic rings. The third-order valence-electron chi connectivity index (χ3n) is 2.20. The maximum atomic E-state index is 12.0. The second-order valence-corrected chi connectivity index (χ2v) is 4.68. The van der Waals surface area contributed by atoms with Gasteiger partial charge in [0, 0.05) is 27.2 Å². The number of aliphatic hydroxyl groups is 1. The van der Waals surface area contributed by atoms with Crippen molar-refractivity contribution in [2.75, 3.05) is 0 Å². The molecule has 0 aliphatic heterocycles. The highest BCUT2D eigenvalue weighted by Gasteiger charge is 2.26. The average Bonchev–Trinajstić information content (AvgIpc) is 2.62. The first-order valence-corrected chi connectivity index (χ1v) is 4.84. The van der Waals surface area contributed by atoms with E-state index in [1.54, 1.807) is 17.8 Å². The Morgan fingerprint density at radius 3 is 2.87 bits per heavy atom. The SMILES string of the molecule is [2H]O[C@H]([C@@H]([2H])C(=O)c1nccn1C)C(C)(C)C. The van der Waals surface area contributed by atoms with Gasteiger partial charge in [-0.05, 0) is 5.41 Å². The predicted molar refractivity (Wildman–Crippen MR) is 57.6 cm³/mol. The number of aliphatic hydroxyl groups excluding tert-OH is 1. The van der Waals surface area contributed by atoms with Crippen LogP contribution in [0.1, 0.15) is 39.2 Å². The molecule has 0 bridgehead atoms. The van der Waals surface area contributed by atoms with Crippen molar-refractivity contribution in [3.8, 4) is 0 Å². The van der Waals surface area contributed by atoms with Gasteiger partial charge in [0.2, 0.25) is 7.21 Å². The molecule has 4 heteroatoms. The van der Waals surface area contributed by atoms with E-state index < -0.39 is 23.7 Å². The van der Waals surface area contributed by atoms with Crippen LogP contribution in [0.5, 0.6) is 0 Å². The fourth-order valence-corrected chi connectivity index (χ4v) is 1.07. The van der Waals surface area contributed by atoms with Crippen molar-refractivity contribution in [1.82, 2.24) is 9.55 Å². The minimum atomic E-state index is -1.14. The molecule has 0 aromatic carbocycles. The zero-order chi connectivity index (χ0) is 13.2. The Morgan fingerprint density at radius 2 is 2.47 bits per heavy atom. The second kappa shape index (κ2) is 4.14. The van der Waals surface area contributed by atoms with Gasteiger partial charge in [0.15, 0.2) is 5.82 Å². The van der Waals surface area contributed by atoms with Crippen molar-refractivity contribution in [2.24, 2.45) is 12.5 Å².